The number of rotatable bonds is 10. The van der Waals surface area contributed by atoms with Crippen LogP contribution in [0.25, 0.3) is 0 Å². The van der Waals surface area contributed by atoms with Gasteiger partial charge in [0, 0.05) is 32.3 Å². The maximum absolute atomic E-state index is 12.8. The van der Waals surface area contributed by atoms with Crippen LogP contribution in [-0.4, -0.2) is 94.2 Å². The van der Waals surface area contributed by atoms with Crippen molar-refractivity contribution in [2.24, 2.45) is 0 Å². The minimum Gasteiger partial charge on any atom is -0.494 e. The molecule has 0 N–H and O–H groups in total. The molecule has 0 aromatic heterocycles. The molecule has 2 fully saturated rings. The molecule has 1 radical (unpaired) electrons. The van der Waals surface area contributed by atoms with E-state index in [0.29, 0.717) is 18.9 Å². The van der Waals surface area contributed by atoms with Gasteiger partial charge in [-0.1, -0.05) is 6.08 Å². The van der Waals surface area contributed by atoms with E-state index in [-0.39, 0.29) is 23.9 Å². The van der Waals surface area contributed by atoms with E-state index in [4.69, 9.17) is 4.74 Å². The molecule has 7 nitrogen and oxygen atoms in total. The summed E-state index contributed by atoms with van der Waals surface area (Å²) in [4.78, 5) is 18.3. The van der Waals surface area contributed by atoms with E-state index >= 15 is 0 Å². The first-order valence-electron chi connectivity index (χ1n) is 11.0. The molecule has 0 aliphatic carbocycles. The molecule has 2 aliphatic heterocycles. The molecular weight excluding hydrogens is 414 g/mol. The van der Waals surface area contributed by atoms with Crippen LogP contribution in [0.5, 0.6) is 5.75 Å². The highest BCUT2D eigenvalue weighted by Gasteiger charge is 2.39. The summed E-state index contributed by atoms with van der Waals surface area (Å²) < 4.78 is 31.4. The predicted molar refractivity (Wildman–Crippen MR) is 122 cm³/mol. The van der Waals surface area contributed by atoms with Crippen molar-refractivity contribution in [3.63, 3.8) is 0 Å². The molecule has 171 valence electrons. The molecule has 0 atom stereocenters. The summed E-state index contributed by atoms with van der Waals surface area (Å²) in [6, 6.07) is 6.64. The van der Waals surface area contributed by atoms with Crippen molar-refractivity contribution < 1.29 is 17.9 Å². The third-order valence-corrected chi connectivity index (χ3v) is 7.77. The fourth-order valence-corrected chi connectivity index (χ4v) is 5.36. The number of ether oxygens (including phenoxy) is 1. The van der Waals surface area contributed by atoms with Crippen molar-refractivity contribution in [2.75, 3.05) is 60.0 Å². The van der Waals surface area contributed by atoms with Crippen molar-refractivity contribution in [1.82, 2.24) is 14.7 Å². The second-order valence-corrected chi connectivity index (χ2v) is 10.7. The number of amides is 1. The normalized spacial score (nSPS) is 18.5. The molecule has 1 amide bonds. The van der Waals surface area contributed by atoms with Crippen LogP contribution in [0.15, 0.2) is 41.3 Å². The number of likely N-dealkylation sites (tertiary alicyclic amines) is 2. The van der Waals surface area contributed by atoms with Crippen LogP contribution in [0.2, 0.25) is 0 Å². The van der Waals surface area contributed by atoms with Gasteiger partial charge in [-0.2, -0.15) is 0 Å². The molecule has 31 heavy (non-hydrogen) atoms. The van der Waals surface area contributed by atoms with E-state index in [9.17, 15) is 13.2 Å². The summed E-state index contributed by atoms with van der Waals surface area (Å²) >= 11 is 0. The summed E-state index contributed by atoms with van der Waals surface area (Å²) in [7, 11) is 0.395. The average Bonchev–Trinajstić information content (AvgIpc) is 2.71. The van der Waals surface area contributed by atoms with Gasteiger partial charge in [-0.15, -0.1) is 0 Å². The summed E-state index contributed by atoms with van der Waals surface area (Å²) in [6.07, 6.45) is 8.92. The van der Waals surface area contributed by atoms with Gasteiger partial charge in [-0.05, 0) is 77.1 Å². The monoisotopic (exact) mass is 448 g/mol. The molecule has 0 spiro atoms. The Kier molecular flexibility index (Phi) is 8.51. The van der Waals surface area contributed by atoms with Crippen LogP contribution in [0.1, 0.15) is 19.3 Å². The van der Waals surface area contributed by atoms with Crippen molar-refractivity contribution in [2.45, 2.75) is 29.4 Å². The van der Waals surface area contributed by atoms with Crippen molar-refractivity contribution in [3.8, 4) is 5.75 Å². The quantitative estimate of drug-likeness (QED) is 0.402. The lowest BCUT2D eigenvalue weighted by atomic mass is 10.1. The van der Waals surface area contributed by atoms with E-state index in [0.717, 1.165) is 38.9 Å². The Balaban J connectivity index is 1.42. The van der Waals surface area contributed by atoms with Crippen molar-refractivity contribution in [1.29, 1.82) is 0 Å². The lowest BCUT2D eigenvalue weighted by Crippen LogP contribution is -2.56. The van der Waals surface area contributed by atoms with E-state index in [2.05, 4.69) is 11.3 Å². The molecule has 1 aromatic carbocycles. The van der Waals surface area contributed by atoms with E-state index < -0.39 is 15.1 Å². The Morgan fingerprint density at radius 1 is 1.16 bits per heavy atom. The molecular formula is C23H34N3O4S. The number of nitrogens with zero attached hydrogens (tertiary/aromatic N) is 3. The van der Waals surface area contributed by atoms with Gasteiger partial charge in [-0.25, -0.2) is 8.42 Å². The van der Waals surface area contributed by atoms with Crippen molar-refractivity contribution >= 4 is 15.7 Å². The molecule has 1 aromatic rings. The van der Waals surface area contributed by atoms with Gasteiger partial charge in [0.2, 0.25) is 5.91 Å². The summed E-state index contributed by atoms with van der Waals surface area (Å²) in [5.41, 5.74) is 0. The van der Waals surface area contributed by atoms with Gasteiger partial charge in [0.05, 0.1) is 11.5 Å². The number of carbonyl (C=O) groups is 1. The van der Waals surface area contributed by atoms with Crippen molar-refractivity contribution in [3.05, 3.63) is 42.8 Å². The standard InChI is InChI=1S/C23H34N3O4S/c1-24(2)13-6-8-23(27)26-18-22(19-26)31(28,29)21-11-9-20(10-12-21)30-17-7-16-25-14-4-3-5-15-25/h3,6,8-12,22H,4-5,7,13-19H2,1-2H3/b8-6+. The van der Waals surface area contributed by atoms with Crippen LogP contribution < -0.4 is 4.74 Å². The Labute approximate surface area is 186 Å². The Hall–Kier alpha value is -1.90. The molecule has 0 saturated carbocycles. The Morgan fingerprint density at radius 3 is 2.48 bits per heavy atom. The van der Waals surface area contributed by atoms with Crippen LogP contribution in [0.4, 0.5) is 0 Å². The molecule has 2 heterocycles. The fraction of sp³-hybridized carbons (Fsp3) is 0.565. The topological polar surface area (TPSA) is 70.2 Å². The zero-order chi connectivity index (χ0) is 22.3. The lowest BCUT2D eigenvalue weighted by Gasteiger charge is -2.38. The average molecular weight is 449 g/mol. The second-order valence-electron chi connectivity index (χ2n) is 8.46. The first-order chi connectivity index (χ1) is 14.9. The van der Waals surface area contributed by atoms with E-state index in [1.807, 2.05) is 19.0 Å². The molecule has 2 saturated heterocycles. The summed E-state index contributed by atoms with van der Waals surface area (Å²) in [6.45, 7) is 5.05. The highest BCUT2D eigenvalue weighted by Crippen LogP contribution is 2.25. The molecule has 2 aliphatic rings. The van der Waals surface area contributed by atoms with E-state index in [1.165, 1.54) is 6.08 Å². The summed E-state index contributed by atoms with van der Waals surface area (Å²) in [5.74, 6) is 0.544. The first kappa shape index (κ1) is 23.8. The zero-order valence-electron chi connectivity index (χ0n) is 18.6. The Morgan fingerprint density at radius 2 is 1.84 bits per heavy atom. The highest BCUT2D eigenvalue weighted by atomic mass is 32.2. The maximum Gasteiger partial charge on any atom is 0.246 e. The summed E-state index contributed by atoms with van der Waals surface area (Å²) in [5, 5.41) is -0.549. The van der Waals surface area contributed by atoms with Gasteiger partial charge >= 0.3 is 0 Å². The second kappa shape index (κ2) is 11.1. The highest BCUT2D eigenvalue weighted by molar-refractivity contribution is 7.92. The third kappa shape index (κ3) is 6.79. The van der Waals surface area contributed by atoms with Crippen LogP contribution in [0, 0.1) is 6.42 Å². The lowest BCUT2D eigenvalue weighted by molar-refractivity contribution is -0.129. The third-order valence-electron chi connectivity index (χ3n) is 5.67. The fourth-order valence-electron chi connectivity index (χ4n) is 3.71. The first-order valence-corrected chi connectivity index (χ1v) is 12.5. The van der Waals surface area contributed by atoms with Gasteiger partial charge in [0.1, 0.15) is 11.0 Å². The predicted octanol–water partition coefficient (Wildman–Crippen LogP) is 1.86. The SMILES string of the molecule is CN(C)C/C=C/C(=O)N1CC(S(=O)(=O)c2ccc(OCCCN3CC[CH]CC3)cc2)C1. The molecule has 0 bridgehead atoms. The van der Waals surface area contributed by atoms with Gasteiger partial charge in [0.25, 0.3) is 0 Å². The van der Waals surface area contributed by atoms with Gasteiger partial charge < -0.3 is 19.4 Å². The minimum atomic E-state index is -3.45. The number of likely N-dealkylation sites (N-methyl/N-ethyl adjacent to an activating group) is 1. The zero-order valence-corrected chi connectivity index (χ0v) is 19.4. The van der Waals surface area contributed by atoms with E-state index in [1.54, 1.807) is 35.2 Å². The van der Waals surface area contributed by atoms with Crippen LogP contribution >= 0.6 is 0 Å². The number of carbonyl (C=O) groups excluding carboxylic acids is 1. The number of hydrogen-bond donors (Lipinski definition) is 0. The maximum atomic E-state index is 12.8. The Bertz CT molecular complexity index is 840. The number of sulfone groups is 1. The van der Waals surface area contributed by atoms with Gasteiger partial charge in [0.15, 0.2) is 9.84 Å². The molecule has 8 heteroatoms. The largest absolute Gasteiger partial charge is 0.494 e. The number of piperidine rings is 1. The molecule has 0 unspecified atom stereocenters. The number of benzene rings is 1. The minimum absolute atomic E-state index is 0.139. The van der Waals surface area contributed by atoms with Crippen LogP contribution in [0.3, 0.4) is 0 Å². The van der Waals surface area contributed by atoms with Gasteiger partial charge in [-0.3, -0.25) is 4.79 Å². The molecule has 3 rings (SSSR count). The van der Waals surface area contributed by atoms with Crippen LogP contribution in [-0.2, 0) is 14.6 Å². The number of hydrogen-bond acceptors (Lipinski definition) is 6. The smallest absolute Gasteiger partial charge is 0.246 e.